The van der Waals surface area contributed by atoms with Crippen molar-refractivity contribution in [1.29, 1.82) is 5.26 Å². The van der Waals surface area contributed by atoms with Gasteiger partial charge in [-0.3, -0.25) is 9.59 Å². The second-order valence-corrected chi connectivity index (χ2v) is 1.11. The van der Waals surface area contributed by atoms with Crippen LogP contribution in [0.15, 0.2) is 0 Å². The molecule has 0 unspecified atom stereocenters. The highest BCUT2D eigenvalue weighted by Gasteiger charge is 2.03. The van der Waals surface area contributed by atoms with Crippen molar-refractivity contribution >= 4 is 11.8 Å². The first-order valence-electron chi connectivity index (χ1n) is 1.81. The molecule has 0 radical (unpaired) electrons. The highest BCUT2D eigenvalue weighted by molar-refractivity contribution is 6.03. The van der Waals surface area contributed by atoms with Gasteiger partial charge in [-0.1, -0.05) is 0 Å². The van der Waals surface area contributed by atoms with E-state index < -0.39 is 18.2 Å². The van der Waals surface area contributed by atoms with Crippen LogP contribution in [-0.2, 0) is 9.59 Å². The molecule has 0 rings (SSSR count). The van der Waals surface area contributed by atoms with Gasteiger partial charge >= 0.3 is 5.97 Å². The zero-order chi connectivity index (χ0) is 6.57. The van der Waals surface area contributed by atoms with Crippen LogP contribution in [-0.4, -0.2) is 16.9 Å². The summed E-state index contributed by atoms with van der Waals surface area (Å²) in [4.78, 5) is 19.5. The maximum atomic E-state index is 9.88. The third-order valence-electron chi connectivity index (χ3n) is 0.436. The predicted molar refractivity (Wildman–Crippen MR) is 22.9 cm³/mol. The molecule has 0 aromatic carbocycles. The van der Waals surface area contributed by atoms with Crippen LogP contribution in [0, 0.1) is 11.3 Å². The fraction of sp³-hybridized carbons (Fsp3) is 0.250. The van der Waals surface area contributed by atoms with Gasteiger partial charge in [-0.2, -0.15) is 5.26 Å². The summed E-state index contributed by atoms with van der Waals surface area (Å²) in [6, 6.07) is 1.18. The molecule has 0 aromatic heterocycles. The molecule has 0 aromatic rings. The first kappa shape index (κ1) is 6.63. The third-order valence-corrected chi connectivity index (χ3v) is 0.436. The molecule has 1 N–H and O–H groups in total. The maximum Gasteiger partial charge on any atom is 0.312 e. The van der Waals surface area contributed by atoms with Crippen molar-refractivity contribution in [2.24, 2.45) is 0 Å². The average molecular weight is 113 g/mol. The number of nitrogens with zero attached hydrogens (tertiary/aromatic N) is 1. The van der Waals surface area contributed by atoms with E-state index >= 15 is 0 Å². The lowest BCUT2D eigenvalue weighted by atomic mass is 10.3. The Morgan fingerprint density at radius 3 is 2.25 bits per heavy atom. The van der Waals surface area contributed by atoms with Gasteiger partial charge in [0.1, 0.15) is 12.5 Å². The SMILES string of the molecule is N#CC(=O)CC(=O)O. The van der Waals surface area contributed by atoms with Crippen molar-refractivity contribution in [3.63, 3.8) is 0 Å². The number of carboxylic acids is 1. The Kier molecular flexibility index (Phi) is 2.28. The van der Waals surface area contributed by atoms with Crippen molar-refractivity contribution in [3.8, 4) is 6.07 Å². The molecule has 0 aliphatic carbocycles. The molecule has 42 valence electrons. The number of hydrogen-bond donors (Lipinski definition) is 1. The van der Waals surface area contributed by atoms with Crippen LogP contribution < -0.4 is 0 Å². The van der Waals surface area contributed by atoms with Gasteiger partial charge in [0, 0.05) is 0 Å². The number of carbonyl (C=O) groups excluding carboxylic acids is 1. The van der Waals surface area contributed by atoms with Gasteiger partial charge in [-0.05, 0) is 0 Å². The molecule has 0 spiro atoms. The van der Waals surface area contributed by atoms with E-state index in [1.807, 2.05) is 0 Å². The van der Waals surface area contributed by atoms with Crippen molar-refractivity contribution in [3.05, 3.63) is 0 Å². The molecule has 0 saturated heterocycles. The number of carbonyl (C=O) groups is 2. The number of aliphatic carboxylic acids is 1. The molecular formula is C4H3NO3. The highest BCUT2D eigenvalue weighted by atomic mass is 16.4. The quantitative estimate of drug-likeness (QED) is 0.388. The lowest BCUT2D eigenvalue weighted by molar-refractivity contribution is -0.139. The maximum absolute atomic E-state index is 9.88. The standard InChI is InChI=1S/C4H3NO3/c5-2-3(6)1-4(7)8/h1H2,(H,7,8). The summed E-state index contributed by atoms with van der Waals surface area (Å²) >= 11 is 0. The summed E-state index contributed by atoms with van der Waals surface area (Å²) in [5.74, 6) is -2.19. The Hall–Kier alpha value is -1.37. The van der Waals surface area contributed by atoms with Crippen LogP contribution in [0.3, 0.4) is 0 Å². The Morgan fingerprint density at radius 1 is 1.62 bits per heavy atom. The molecule has 0 saturated carbocycles. The monoisotopic (exact) mass is 113 g/mol. The Bertz CT molecular complexity index is 155. The van der Waals surface area contributed by atoms with Gasteiger partial charge in [0.15, 0.2) is 0 Å². The summed E-state index contributed by atoms with van der Waals surface area (Å²) in [5.41, 5.74) is 0. The molecule has 0 atom stereocenters. The van der Waals surface area contributed by atoms with Crippen LogP contribution in [0.1, 0.15) is 6.42 Å². The minimum atomic E-state index is -1.27. The molecule has 0 aliphatic heterocycles. The molecule has 0 aliphatic rings. The number of Topliss-reactive ketones (excluding diaryl/α,β-unsaturated/α-hetero) is 1. The van der Waals surface area contributed by atoms with E-state index in [1.54, 1.807) is 0 Å². The van der Waals surface area contributed by atoms with Crippen LogP contribution in [0.2, 0.25) is 0 Å². The Balaban J connectivity index is 3.61. The number of rotatable bonds is 2. The average Bonchev–Trinajstić information content (AvgIpc) is 1.65. The minimum Gasteiger partial charge on any atom is -0.481 e. The molecular weight excluding hydrogens is 110 g/mol. The van der Waals surface area contributed by atoms with Crippen molar-refractivity contribution < 1.29 is 14.7 Å². The molecule has 4 nitrogen and oxygen atoms in total. The fourth-order valence-corrected chi connectivity index (χ4v) is 0.177. The lowest BCUT2D eigenvalue weighted by Crippen LogP contribution is -2.02. The number of ketones is 1. The summed E-state index contributed by atoms with van der Waals surface area (Å²) in [5, 5.41) is 15.6. The molecule has 4 heteroatoms. The van der Waals surface area contributed by atoms with E-state index in [2.05, 4.69) is 0 Å². The summed E-state index contributed by atoms with van der Waals surface area (Å²) in [7, 11) is 0. The van der Waals surface area contributed by atoms with E-state index in [9.17, 15) is 9.59 Å². The molecule has 0 heterocycles. The molecule has 0 fully saturated rings. The number of nitriles is 1. The van der Waals surface area contributed by atoms with Gasteiger partial charge in [0.25, 0.3) is 0 Å². The van der Waals surface area contributed by atoms with Gasteiger partial charge in [-0.25, -0.2) is 0 Å². The van der Waals surface area contributed by atoms with Crippen molar-refractivity contribution in [1.82, 2.24) is 0 Å². The van der Waals surface area contributed by atoms with Gasteiger partial charge in [-0.15, -0.1) is 0 Å². The topological polar surface area (TPSA) is 78.2 Å². The molecule has 0 bridgehead atoms. The number of hydrogen-bond acceptors (Lipinski definition) is 3. The Labute approximate surface area is 45.3 Å². The second-order valence-electron chi connectivity index (χ2n) is 1.11. The Morgan fingerprint density at radius 2 is 2.12 bits per heavy atom. The smallest absolute Gasteiger partial charge is 0.312 e. The van der Waals surface area contributed by atoms with Crippen molar-refractivity contribution in [2.75, 3.05) is 0 Å². The zero-order valence-electron chi connectivity index (χ0n) is 3.92. The van der Waals surface area contributed by atoms with Gasteiger partial charge < -0.3 is 5.11 Å². The normalized spacial score (nSPS) is 7.38. The van der Waals surface area contributed by atoms with Crippen LogP contribution >= 0.6 is 0 Å². The number of carboxylic acid groups (broad SMARTS) is 1. The first-order valence-corrected chi connectivity index (χ1v) is 1.81. The van der Waals surface area contributed by atoms with E-state index in [1.165, 1.54) is 6.07 Å². The third kappa shape index (κ3) is 2.85. The summed E-state index contributed by atoms with van der Waals surface area (Å²) in [6.45, 7) is 0. The van der Waals surface area contributed by atoms with Crippen LogP contribution in [0.5, 0.6) is 0 Å². The largest absolute Gasteiger partial charge is 0.481 e. The summed E-state index contributed by atoms with van der Waals surface area (Å²) < 4.78 is 0. The van der Waals surface area contributed by atoms with E-state index in [4.69, 9.17) is 10.4 Å². The molecule has 0 amide bonds. The zero-order valence-corrected chi connectivity index (χ0v) is 3.92. The van der Waals surface area contributed by atoms with Gasteiger partial charge in [0.2, 0.25) is 5.78 Å². The van der Waals surface area contributed by atoms with Crippen LogP contribution in [0.4, 0.5) is 0 Å². The second kappa shape index (κ2) is 2.75. The predicted octanol–water partition coefficient (Wildman–Crippen LogP) is -0.446. The minimum absolute atomic E-state index is 0.698. The van der Waals surface area contributed by atoms with Crippen LogP contribution in [0.25, 0.3) is 0 Å². The fourth-order valence-electron chi connectivity index (χ4n) is 0.177. The lowest BCUT2D eigenvalue weighted by Gasteiger charge is -1.78. The van der Waals surface area contributed by atoms with E-state index in [0.717, 1.165) is 0 Å². The van der Waals surface area contributed by atoms with E-state index in [0.29, 0.717) is 0 Å². The van der Waals surface area contributed by atoms with Gasteiger partial charge in [0.05, 0.1) is 0 Å². The summed E-state index contributed by atoms with van der Waals surface area (Å²) in [6.07, 6.45) is -0.698. The van der Waals surface area contributed by atoms with E-state index in [-0.39, 0.29) is 0 Å². The first-order chi connectivity index (χ1) is 3.66. The molecule has 8 heavy (non-hydrogen) atoms. The van der Waals surface area contributed by atoms with Crippen molar-refractivity contribution in [2.45, 2.75) is 6.42 Å². The highest BCUT2D eigenvalue weighted by Crippen LogP contribution is 1.78.